The molecule has 1 aliphatic rings. The number of carbonyl (C=O) groups is 3. The molecule has 4 rings (SSSR count). The zero-order chi connectivity index (χ0) is 33.2. The van der Waals surface area contributed by atoms with Crippen molar-refractivity contribution in [1.82, 2.24) is 8.87 Å². The lowest BCUT2D eigenvalue weighted by molar-refractivity contribution is -0.154. The van der Waals surface area contributed by atoms with Crippen molar-refractivity contribution in [1.29, 1.82) is 0 Å². The number of carbonyl (C=O) groups excluding carboxylic acids is 3. The molecule has 0 aliphatic carbocycles. The number of methoxy groups -OCH3 is 1. The molecule has 2 unspecified atom stereocenters. The lowest BCUT2D eigenvalue weighted by atomic mass is 9.94. The summed E-state index contributed by atoms with van der Waals surface area (Å²) in [6.45, 7) is 12.5. The fourth-order valence-electron chi connectivity index (χ4n) is 5.01. The minimum Gasteiger partial charge on any atom is -0.587 e. The summed E-state index contributed by atoms with van der Waals surface area (Å²) in [7, 11) is 3.10. The maximum absolute atomic E-state index is 13.7. The van der Waals surface area contributed by atoms with Crippen LogP contribution in [-0.4, -0.2) is 64.1 Å². The summed E-state index contributed by atoms with van der Waals surface area (Å²) in [5.41, 5.74) is 3.08. The first kappa shape index (κ1) is 33.7. The number of benzene rings is 2. The largest absolute Gasteiger partial charge is 0.587 e. The molecule has 1 aliphatic heterocycles. The predicted molar refractivity (Wildman–Crippen MR) is 174 cm³/mol. The summed E-state index contributed by atoms with van der Waals surface area (Å²) < 4.78 is 32.9. The van der Waals surface area contributed by atoms with Crippen molar-refractivity contribution in [3.05, 3.63) is 77.2 Å². The van der Waals surface area contributed by atoms with Crippen LogP contribution in [0.15, 0.2) is 59.8 Å². The molecule has 2 atom stereocenters. The van der Waals surface area contributed by atoms with Gasteiger partial charge in [0.05, 0.1) is 24.7 Å². The molecule has 45 heavy (non-hydrogen) atoms. The average Bonchev–Trinajstić information content (AvgIpc) is 3.36. The lowest BCUT2D eigenvalue weighted by Crippen LogP contribution is -2.51. The molecule has 2 heterocycles. The Balaban J connectivity index is 1.92. The highest BCUT2D eigenvalue weighted by Crippen LogP contribution is 2.46. The minimum absolute atomic E-state index is 0.230. The highest BCUT2D eigenvalue weighted by molar-refractivity contribution is 7.90. The number of aromatic nitrogens is 1. The zero-order valence-corrected chi connectivity index (χ0v) is 28.1. The van der Waals surface area contributed by atoms with E-state index in [-0.39, 0.29) is 18.4 Å². The van der Waals surface area contributed by atoms with Crippen LogP contribution >= 0.6 is 0 Å². The van der Waals surface area contributed by atoms with E-state index in [1.54, 1.807) is 56.3 Å². The van der Waals surface area contributed by atoms with Crippen LogP contribution in [0.2, 0.25) is 0 Å². The van der Waals surface area contributed by atoms with Gasteiger partial charge < -0.3 is 23.7 Å². The molecule has 2 amide bonds. The summed E-state index contributed by atoms with van der Waals surface area (Å²) in [6.07, 6.45) is 3.15. The maximum Gasteiger partial charge on any atom is 0.326 e. The molecule has 0 saturated carbocycles. The molecule has 0 radical (unpaired) electrons. The Bertz CT molecular complexity index is 1600. The summed E-state index contributed by atoms with van der Waals surface area (Å²) in [5.74, 6) is -0.439. The van der Waals surface area contributed by atoms with Crippen LogP contribution in [0.4, 0.5) is 5.69 Å². The van der Waals surface area contributed by atoms with E-state index in [1.807, 2.05) is 58.0 Å². The molecular formula is C34H41N3O7S. The Morgan fingerprint density at radius 3 is 2.38 bits per heavy atom. The molecule has 10 nitrogen and oxygen atoms in total. The summed E-state index contributed by atoms with van der Waals surface area (Å²) in [5, 5.41) is 0. The van der Waals surface area contributed by atoms with E-state index in [9.17, 15) is 18.9 Å². The summed E-state index contributed by atoms with van der Waals surface area (Å²) in [4.78, 5) is 42.0. The number of esters is 1. The van der Waals surface area contributed by atoms with Crippen molar-refractivity contribution in [3.63, 3.8) is 0 Å². The number of ether oxygens (including phenoxy) is 3. The van der Waals surface area contributed by atoms with Crippen LogP contribution in [0.5, 0.6) is 11.5 Å². The van der Waals surface area contributed by atoms with Gasteiger partial charge in [-0.25, -0.2) is 0 Å². The van der Waals surface area contributed by atoms with Crippen molar-refractivity contribution in [2.75, 3.05) is 25.6 Å². The Morgan fingerprint density at radius 1 is 1.13 bits per heavy atom. The summed E-state index contributed by atoms with van der Waals surface area (Å²) in [6, 6.07) is 12.7. The standard InChI is InChI=1S/C34H41N3O7S/c1-21(2)31-33(40)36(19-30(39)44-34(5,6)7)29-17-24(42-9)16-27(32(29)43-31)28(18-35(8)20-38)26-14-15-37(23(26)4)45(41)25-12-10-22(3)11-13-25/h10-18,20-21,31H,19H2,1-9H3/b28-18+. The van der Waals surface area contributed by atoms with Crippen LogP contribution < -0.4 is 14.4 Å². The second-order valence-electron chi connectivity index (χ2n) is 12.3. The van der Waals surface area contributed by atoms with E-state index < -0.39 is 29.0 Å². The molecule has 0 spiro atoms. The smallest absolute Gasteiger partial charge is 0.326 e. The van der Waals surface area contributed by atoms with Gasteiger partial charge in [0, 0.05) is 36.0 Å². The van der Waals surface area contributed by atoms with Gasteiger partial charge in [-0.05, 0) is 64.8 Å². The number of nitrogens with zero attached hydrogens (tertiary/aromatic N) is 3. The van der Waals surface area contributed by atoms with E-state index in [4.69, 9.17) is 14.2 Å². The number of amides is 2. The third kappa shape index (κ3) is 7.37. The molecule has 2 aromatic carbocycles. The second kappa shape index (κ2) is 13.4. The molecular weight excluding hydrogens is 594 g/mol. The van der Waals surface area contributed by atoms with Gasteiger partial charge in [-0.2, -0.15) is 3.97 Å². The average molecular weight is 636 g/mol. The van der Waals surface area contributed by atoms with E-state index in [0.717, 1.165) is 5.56 Å². The van der Waals surface area contributed by atoms with E-state index >= 15 is 0 Å². The number of rotatable bonds is 10. The number of aryl methyl sites for hydroxylation is 1. The first-order valence-corrected chi connectivity index (χ1v) is 15.7. The van der Waals surface area contributed by atoms with Gasteiger partial charge in [-0.15, -0.1) is 0 Å². The SMILES string of the molecule is COc1cc(/C(=C/N(C)C=O)c2ccn([S+]([O-])c3ccc(C)cc3)c2C)c2c(c1)N(CC(=O)OC(C)(C)C)C(=O)C(C(C)C)O2. The molecule has 11 heteroatoms. The van der Waals surface area contributed by atoms with Gasteiger partial charge in [0.25, 0.3) is 5.91 Å². The quantitative estimate of drug-likeness (QED) is 0.170. The number of hydrogen-bond donors (Lipinski definition) is 0. The monoisotopic (exact) mass is 635 g/mol. The third-order valence-corrected chi connectivity index (χ3v) is 8.64. The Kier molecular flexibility index (Phi) is 10.0. The Labute approximate surface area is 267 Å². The van der Waals surface area contributed by atoms with Gasteiger partial charge >= 0.3 is 5.97 Å². The lowest BCUT2D eigenvalue weighted by Gasteiger charge is -2.37. The molecule has 3 aromatic rings. The Morgan fingerprint density at radius 2 is 1.80 bits per heavy atom. The number of anilines is 1. The molecule has 0 fully saturated rings. The van der Waals surface area contributed by atoms with Gasteiger partial charge in [-0.3, -0.25) is 19.3 Å². The first-order valence-electron chi connectivity index (χ1n) is 14.6. The topological polar surface area (TPSA) is 113 Å². The van der Waals surface area contributed by atoms with E-state index in [1.165, 1.54) is 16.9 Å². The number of hydrogen-bond acceptors (Lipinski definition) is 7. The van der Waals surface area contributed by atoms with Crippen LogP contribution in [0, 0.1) is 19.8 Å². The van der Waals surface area contributed by atoms with Crippen LogP contribution in [0.3, 0.4) is 0 Å². The van der Waals surface area contributed by atoms with Gasteiger partial charge in [0.2, 0.25) is 6.41 Å². The molecule has 0 saturated heterocycles. The predicted octanol–water partition coefficient (Wildman–Crippen LogP) is 5.25. The van der Waals surface area contributed by atoms with Crippen LogP contribution in [0.25, 0.3) is 5.57 Å². The summed E-state index contributed by atoms with van der Waals surface area (Å²) >= 11 is -1.53. The molecule has 0 N–H and O–H groups in total. The van der Waals surface area contributed by atoms with Crippen molar-refractivity contribution in [2.45, 2.75) is 65.1 Å². The first-order chi connectivity index (χ1) is 21.1. The molecule has 240 valence electrons. The van der Waals surface area contributed by atoms with E-state index in [0.29, 0.717) is 50.9 Å². The van der Waals surface area contributed by atoms with Crippen LogP contribution in [-0.2, 0) is 30.5 Å². The fraction of sp³-hybridized carbons (Fsp3) is 0.382. The highest BCUT2D eigenvalue weighted by Gasteiger charge is 2.40. The van der Waals surface area contributed by atoms with Crippen molar-refractivity contribution in [3.8, 4) is 11.5 Å². The Hall–Kier alpha value is -4.22. The maximum atomic E-state index is 13.7. The molecule has 1 aromatic heterocycles. The van der Waals surface area contributed by atoms with Crippen molar-refractivity contribution >= 4 is 40.9 Å². The second-order valence-corrected chi connectivity index (χ2v) is 13.7. The van der Waals surface area contributed by atoms with Crippen molar-refractivity contribution < 1.29 is 33.1 Å². The number of fused-ring (bicyclic) bond motifs is 1. The van der Waals surface area contributed by atoms with Crippen LogP contribution in [0.1, 0.15) is 57.0 Å². The van der Waals surface area contributed by atoms with Gasteiger partial charge in [0.15, 0.2) is 16.7 Å². The van der Waals surface area contributed by atoms with Gasteiger partial charge in [-0.1, -0.05) is 31.5 Å². The minimum atomic E-state index is -1.53. The normalized spacial score (nSPS) is 15.8. The zero-order valence-electron chi connectivity index (χ0n) is 27.2. The van der Waals surface area contributed by atoms with Gasteiger partial charge in [0.1, 0.15) is 29.3 Å². The van der Waals surface area contributed by atoms with E-state index in [2.05, 4.69) is 0 Å². The fourth-order valence-corrected chi connectivity index (χ4v) is 6.13. The highest BCUT2D eigenvalue weighted by atomic mass is 32.2. The molecule has 0 bridgehead atoms. The van der Waals surface area contributed by atoms with Crippen molar-refractivity contribution in [2.24, 2.45) is 5.92 Å². The third-order valence-electron chi connectivity index (χ3n) is 7.21.